The van der Waals surface area contributed by atoms with Crippen LogP contribution in [-0.2, 0) is 4.79 Å². The van der Waals surface area contributed by atoms with Crippen LogP contribution >= 0.6 is 23.4 Å². The molecule has 3 aromatic rings. The molecule has 0 saturated carbocycles. The zero-order chi connectivity index (χ0) is 18.5. The number of halogens is 1. The minimum atomic E-state index is 0.158. The van der Waals surface area contributed by atoms with E-state index in [1.807, 2.05) is 53.1 Å². The van der Waals surface area contributed by atoms with Gasteiger partial charge in [-0.15, -0.1) is 10.2 Å². The Balaban J connectivity index is 2.01. The van der Waals surface area contributed by atoms with Crippen LogP contribution in [0.5, 0.6) is 5.75 Å². The molecule has 0 N–H and O–H groups in total. The van der Waals surface area contributed by atoms with Crippen molar-refractivity contribution >= 4 is 29.1 Å². The van der Waals surface area contributed by atoms with Gasteiger partial charge in [-0.3, -0.25) is 9.36 Å². The molecule has 1 aromatic heterocycles. The number of thioether (sulfide) groups is 1. The molecule has 0 spiro atoms. The van der Waals surface area contributed by atoms with E-state index in [2.05, 4.69) is 10.2 Å². The van der Waals surface area contributed by atoms with Crippen molar-refractivity contribution in [2.75, 3.05) is 12.9 Å². The topological polar surface area (TPSA) is 57.0 Å². The third-order valence-corrected chi connectivity index (χ3v) is 4.93. The van der Waals surface area contributed by atoms with E-state index in [-0.39, 0.29) is 5.78 Å². The van der Waals surface area contributed by atoms with Crippen LogP contribution in [0.25, 0.3) is 17.1 Å². The molecule has 0 atom stereocenters. The zero-order valence-corrected chi connectivity index (χ0v) is 16.0. The standard InChI is InChI=1S/C19H18ClN3O2S/c1-13(24)11-12-26-19-22-21-18(14-3-9-17(25-2)10-4-14)23(19)16-7-5-15(20)6-8-16/h3-10H,11-12H2,1-2H3. The number of carbonyl (C=O) groups is 1. The number of ether oxygens (including phenoxy) is 1. The second-order valence-corrected chi connectivity index (χ2v) is 7.15. The number of ketones is 1. The second-order valence-electron chi connectivity index (χ2n) is 5.65. The summed E-state index contributed by atoms with van der Waals surface area (Å²) in [5.41, 5.74) is 1.84. The molecule has 0 unspecified atom stereocenters. The minimum Gasteiger partial charge on any atom is -0.497 e. The zero-order valence-electron chi connectivity index (χ0n) is 14.5. The van der Waals surface area contributed by atoms with Crippen molar-refractivity contribution in [2.45, 2.75) is 18.5 Å². The van der Waals surface area contributed by atoms with Gasteiger partial charge in [0.2, 0.25) is 0 Å². The van der Waals surface area contributed by atoms with Crippen LogP contribution in [0.1, 0.15) is 13.3 Å². The molecule has 0 aliphatic rings. The lowest BCUT2D eigenvalue weighted by Gasteiger charge is -2.11. The quantitative estimate of drug-likeness (QED) is 0.551. The number of Topliss-reactive ketones (excluding diaryl/α,β-unsaturated/α-hetero) is 1. The first-order valence-corrected chi connectivity index (χ1v) is 9.43. The summed E-state index contributed by atoms with van der Waals surface area (Å²) in [7, 11) is 1.63. The van der Waals surface area contributed by atoms with Crippen LogP contribution in [0.4, 0.5) is 0 Å². The van der Waals surface area contributed by atoms with Crippen LogP contribution in [-0.4, -0.2) is 33.4 Å². The molecule has 7 heteroatoms. The average Bonchev–Trinajstić information content (AvgIpc) is 3.06. The van der Waals surface area contributed by atoms with Crippen molar-refractivity contribution < 1.29 is 9.53 Å². The summed E-state index contributed by atoms with van der Waals surface area (Å²) in [6.45, 7) is 1.59. The Kier molecular flexibility index (Phi) is 5.96. The maximum absolute atomic E-state index is 11.2. The van der Waals surface area contributed by atoms with Gasteiger partial charge >= 0.3 is 0 Å². The van der Waals surface area contributed by atoms with Gasteiger partial charge in [-0.2, -0.15) is 0 Å². The summed E-state index contributed by atoms with van der Waals surface area (Å²) < 4.78 is 7.20. The molecule has 1 heterocycles. The molecule has 0 bridgehead atoms. The normalized spacial score (nSPS) is 10.7. The molecule has 0 aliphatic heterocycles. The van der Waals surface area contributed by atoms with Crippen LogP contribution in [0.15, 0.2) is 53.7 Å². The monoisotopic (exact) mass is 387 g/mol. The van der Waals surface area contributed by atoms with E-state index in [1.165, 1.54) is 11.8 Å². The summed E-state index contributed by atoms with van der Waals surface area (Å²) in [4.78, 5) is 11.2. The largest absolute Gasteiger partial charge is 0.497 e. The molecule has 0 radical (unpaired) electrons. The van der Waals surface area contributed by atoms with Crippen molar-refractivity contribution in [3.8, 4) is 22.8 Å². The van der Waals surface area contributed by atoms with E-state index in [0.29, 0.717) is 17.2 Å². The summed E-state index contributed by atoms with van der Waals surface area (Å²) in [5, 5.41) is 10.1. The Morgan fingerprint density at radius 2 is 1.81 bits per heavy atom. The highest BCUT2D eigenvalue weighted by atomic mass is 35.5. The van der Waals surface area contributed by atoms with Crippen molar-refractivity contribution in [3.05, 3.63) is 53.6 Å². The molecular weight excluding hydrogens is 370 g/mol. The molecule has 134 valence electrons. The highest BCUT2D eigenvalue weighted by Crippen LogP contribution is 2.29. The van der Waals surface area contributed by atoms with E-state index >= 15 is 0 Å². The fourth-order valence-electron chi connectivity index (χ4n) is 2.40. The SMILES string of the molecule is COc1ccc(-c2nnc(SCCC(C)=O)n2-c2ccc(Cl)cc2)cc1. The van der Waals surface area contributed by atoms with Crippen molar-refractivity contribution in [3.63, 3.8) is 0 Å². The maximum Gasteiger partial charge on any atom is 0.196 e. The van der Waals surface area contributed by atoms with Crippen LogP contribution in [0, 0.1) is 0 Å². The Bertz CT molecular complexity index is 892. The Hall–Kier alpha value is -2.31. The van der Waals surface area contributed by atoms with E-state index in [0.717, 1.165) is 28.0 Å². The smallest absolute Gasteiger partial charge is 0.196 e. The van der Waals surface area contributed by atoms with Crippen molar-refractivity contribution in [1.29, 1.82) is 0 Å². The van der Waals surface area contributed by atoms with Gasteiger partial charge in [-0.1, -0.05) is 23.4 Å². The second kappa shape index (κ2) is 8.38. The number of rotatable bonds is 7. The number of aromatic nitrogens is 3. The molecule has 3 rings (SSSR count). The minimum absolute atomic E-state index is 0.158. The van der Waals surface area contributed by atoms with E-state index in [4.69, 9.17) is 16.3 Å². The summed E-state index contributed by atoms with van der Waals surface area (Å²) in [5.74, 6) is 2.32. The van der Waals surface area contributed by atoms with E-state index < -0.39 is 0 Å². The molecule has 26 heavy (non-hydrogen) atoms. The number of methoxy groups -OCH3 is 1. The summed E-state index contributed by atoms with van der Waals surface area (Å²) >= 11 is 7.53. The molecule has 0 amide bonds. The van der Waals surface area contributed by atoms with Gasteiger partial charge in [0.05, 0.1) is 7.11 Å². The van der Waals surface area contributed by atoms with Crippen molar-refractivity contribution in [2.24, 2.45) is 0 Å². The van der Waals surface area contributed by atoms with Gasteiger partial charge in [0.1, 0.15) is 11.5 Å². The van der Waals surface area contributed by atoms with Crippen LogP contribution < -0.4 is 4.74 Å². The Morgan fingerprint density at radius 3 is 2.42 bits per heavy atom. The Morgan fingerprint density at radius 1 is 1.12 bits per heavy atom. The lowest BCUT2D eigenvalue weighted by atomic mass is 10.2. The summed E-state index contributed by atoms with van der Waals surface area (Å²) in [6, 6.07) is 15.2. The van der Waals surface area contributed by atoms with E-state index in [9.17, 15) is 4.79 Å². The molecule has 5 nitrogen and oxygen atoms in total. The third-order valence-electron chi connectivity index (χ3n) is 3.75. The number of carbonyl (C=O) groups excluding carboxylic acids is 1. The lowest BCUT2D eigenvalue weighted by Crippen LogP contribution is -2.01. The van der Waals surface area contributed by atoms with Crippen molar-refractivity contribution in [1.82, 2.24) is 14.8 Å². The fraction of sp³-hybridized carbons (Fsp3) is 0.211. The maximum atomic E-state index is 11.2. The Labute approximate surface area is 161 Å². The first kappa shape index (κ1) is 18.5. The third kappa shape index (κ3) is 4.26. The summed E-state index contributed by atoms with van der Waals surface area (Å²) in [6.07, 6.45) is 0.496. The molecule has 2 aromatic carbocycles. The highest BCUT2D eigenvalue weighted by molar-refractivity contribution is 7.99. The average molecular weight is 388 g/mol. The first-order valence-electron chi connectivity index (χ1n) is 8.06. The number of benzene rings is 2. The predicted octanol–water partition coefficient (Wildman–Crippen LogP) is 4.67. The lowest BCUT2D eigenvalue weighted by molar-refractivity contribution is -0.116. The fourth-order valence-corrected chi connectivity index (χ4v) is 3.52. The first-order chi connectivity index (χ1) is 12.6. The van der Waals surface area contributed by atoms with Gasteiger partial charge in [0, 0.05) is 28.4 Å². The van der Waals surface area contributed by atoms with Gasteiger partial charge in [-0.05, 0) is 55.5 Å². The predicted molar refractivity (Wildman–Crippen MR) is 104 cm³/mol. The van der Waals surface area contributed by atoms with Crippen LogP contribution in [0.2, 0.25) is 5.02 Å². The molecule has 0 saturated heterocycles. The van der Waals surface area contributed by atoms with Gasteiger partial charge in [0.15, 0.2) is 11.0 Å². The van der Waals surface area contributed by atoms with Gasteiger partial charge in [-0.25, -0.2) is 0 Å². The molecular formula is C19H18ClN3O2S. The number of nitrogens with zero attached hydrogens (tertiary/aromatic N) is 3. The van der Waals surface area contributed by atoms with Crippen LogP contribution in [0.3, 0.4) is 0 Å². The van der Waals surface area contributed by atoms with E-state index in [1.54, 1.807) is 14.0 Å². The molecule has 0 fully saturated rings. The number of hydrogen-bond donors (Lipinski definition) is 0. The van der Waals surface area contributed by atoms with Gasteiger partial charge in [0.25, 0.3) is 0 Å². The highest BCUT2D eigenvalue weighted by Gasteiger charge is 2.16. The van der Waals surface area contributed by atoms with Gasteiger partial charge < -0.3 is 4.74 Å². The molecule has 0 aliphatic carbocycles. The number of hydrogen-bond acceptors (Lipinski definition) is 5.